The number of carbonyl (C=O) groups excluding carboxylic acids is 1. The standard InChI is InChI=1S/C15H14ClN3O4/c16-10-4-1-2-5-11(10)23-12-6-3-7-17-13(12)14(20)18-8-9-19-15(21)22/h1-7,19H,8-9H2,(H,18,20)(H,21,22). The minimum Gasteiger partial charge on any atom is -0.465 e. The molecular formula is C15H14ClN3O4. The number of aromatic nitrogens is 1. The first-order valence-electron chi connectivity index (χ1n) is 6.70. The van der Waals surface area contributed by atoms with E-state index in [1.54, 1.807) is 36.4 Å². The van der Waals surface area contributed by atoms with Crippen LogP contribution in [0.15, 0.2) is 42.6 Å². The van der Waals surface area contributed by atoms with Crippen LogP contribution in [0.25, 0.3) is 0 Å². The Kier molecular flexibility index (Phi) is 5.76. The fraction of sp³-hybridized carbons (Fsp3) is 0.133. The van der Waals surface area contributed by atoms with Gasteiger partial charge in [-0.1, -0.05) is 23.7 Å². The first kappa shape index (κ1) is 16.6. The molecule has 120 valence electrons. The zero-order valence-electron chi connectivity index (χ0n) is 12.0. The molecule has 0 aliphatic heterocycles. The molecule has 8 heteroatoms. The monoisotopic (exact) mass is 335 g/mol. The number of nitrogens with one attached hydrogen (secondary N) is 2. The second-order valence-electron chi connectivity index (χ2n) is 4.37. The molecule has 7 nitrogen and oxygen atoms in total. The fourth-order valence-electron chi connectivity index (χ4n) is 1.72. The molecule has 2 aromatic rings. The van der Waals surface area contributed by atoms with E-state index >= 15 is 0 Å². The van der Waals surface area contributed by atoms with E-state index in [1.165, 1.54) is 6.20 Å². The molecule has 0 unspecified atom stereocenters. The Morgan fingerprint density at radius 2 is 1.78 bits per heavy atom. The van der Waals surface area contributed by atoms with Crippen molar-refractivity contribution in [2.45, 2.75) is 0 Å². The summed E-state index contributed by atoms with van der Waals surface area (Å²) in [4.78, 5) is 26.5. The van der Waals surface area contributed by atoms with Gasteiger partial charge < -0.3 is 20.5 Å². The minimum atomic E-state index is -1.15. The minimum absolute atomic E-state index is 0.0859. The number of para-hydroxylation sites is 1. The maximum absolute atomic E-state index is 12.1. The summed E-state index contributed by atoms with van der Waals surface area (Å²) in [6, 6.07) is 10.1. The predicted octanol–water partition coefficient (Wildman–Crippen LogP) is 2.52. The average molecular weight is 336 g/mol. The lowest BCUT2D eigenvalue weighted by Crippen LogP contribution is -2.34. The molecular weight excluding hydrogens is 322 g/mol. The highest BCUT2D eigenvalue weighted by molar-refractivity contribution is 6.32. The summed E-state index contributed by atoms with van der Waals surface area (Å²) in [6.07, 6.45) is 0.309. The molecule has 3 N–H and O–H groups in total. The van der Waals surface area contributed by atoms with Gasteiger partial charge in [0.1, 0.15) is 5.75 Å². The van der Waals surface area contributed by atoms with Crippen molar-refractivity contribution in [1.82, 2.24) is 15.6 Å². The van der Waals surface area contributed by atoms with E-state index in [0.29, 0.717) is 10.8 Å². The van der Waals surface area contributed by atoms with E-state index in [4.69, 9.17) is 21.4 Å². The Labute approximate surface area is 137 Å². The quantitative estimate of drug-likeness (QED) is 0.704. The van der Waals surface area contributed by atoms with E-state index in [2.05, 4.69) is 15.6 Å². The summed E-state index contributed by atoms with van der Waals surface area (Å²) in [5, 5.41) is 13.6. The van der Waals surface area contributed by atoms with Crippen LogP contribution in [0.3, 0.4) is 0 Å². The molecule has 0 saturated carbocycles. The maximum atomic E-state index is 12.1. The Morgan fingerprint density at radius 3 is 2.52 bits per heavy atom. The van der Waals surface area contributed by atoms with Gasteiger partial charge in [0.15, 0.2) is 11.4 Å². The van der Waals surface area contributed by atoms with Crippen molar-refractivity contribution in [3.05, 3.63) is 53.3 Å². The van der Waals surface area contributed by atoms with Gasteiger partial charge in [-0.05, 0) is 24.3 Å². The summed E-state index contributed by atoms with van der Waals surface area (Å²) < 4.78 is 5.64. The van der Waals surface area contributed by atoms with Gasteiger partial charge in [-0.15, -0.1) is 0 Å². The van der Waals surface area contributed by atoms with E-state index in [1.807, 2.05) is 0 Å². The maximum Gasteiger partial charge on any atom is 0.404 e. The second kappa shape index (κ2) is 8.00. The van der Waals surface area contributed by atoms with Crippen molar-refractivity contribution in [3.63, 3.8) is 0 Å². The third-order valence-corrected chi connectivity index (χ3v) is 3.04. The van der Waals surface area contributed by atoms with Crippen LogP contribution >= 0.6 is 11.6 Å². The number of rotatable bonds is 6. The molecule has 0 saturated heterocycles. The number of amides is 2. The van der Waals surface area contributed by atoms with Crippen LogP contribution in [-0.2, 0) is 0 Å². The largest absolute Gasteiger partial charge is 0.465 e. The molecule has 0 bridgehead atoms. The van der Waals surface area contributed by atoms with Gasteiger partial charge in [0.2, 0.25) is 0 Å². The molecule has 0 radical (unpaired) electrons. The molecule has 0 atom stereocenters. The number of carboxylic acid groups (broad SMARTS) is 1. The summed E-state index contributed by atoms with van der Waals surface area (Å²) in [6.45, 7) is 0.224. The lowest BCUT2D eigenvalue weighted by molar-refractivity contribution is 0.0945. The number of ether oxygens (including phenoxy) is 1. The highest BCUT2D eigenvalue weighted by Gasteiger charge is 2.15. The predicted molar refractivity (Wildman–Crippen MR) is 84.1 cm³/mol. The molecule has 2 rings (SSSR count). The van der Waals surface area contributed by atoms with Crippen LogP contribution < -0.4 is 15.4 Å². The van der Waals surface area contributed by atoms with Crippen LogP contribution in [0, 0.1) is 0 Å². The third kappa shape index (κ3) is 4.86. The van der Waals surface area contributed by atoms with Crippen molar-refractivity contribution in [2.75, 3.05) is 13.1 Å². The van der Waals surface area contributed by atoms with Gasteiger partial charge >= 0.3 is 6.09 Å². The van der Waals surface area contributed by atoms with Crippen molar-refractivity contribution < 1.29 is 19.4 Å². The zero-order chi connectivity index (χ0) is 16.7. The molecule has 0 aliphatic rings. The fourth-order valence-corrected chi connectivity index (χ4v) is 1.89. The number of nitrogens with zero attached hydrogens (tertiary/aromatic N) is 1. The van der Waals surface area contributed by atoms with E-state index in [9.17, 15) is 9.59 Å². The van der Waals surface area contributed by atoms with E-state index in [-0.39, 0.29) is 24.5 Å². The Bertz CT molecular complexity index is 709. The smallest absolute Gasteiger partial charge is 0.404 e. The average Bonchev–Trinajstić information content (AvgIpc) is 2.54. The molecule has 0 aliphatic carbocycles. The van der Waals surface area contributed by atoms with E-state index < -0.39 is 12.0 Å². The number of carbonyl (C=O) groups is 2. The van der Waals surface area contributed by atoms with Crippen molar-refractivity contribution in [1.29, 1.82) is 0 Å². The summed E-state index contributed by atoms with van der Waals surface area (Å²) in [5.41, 5.74) is 0.0859. The van der Waals surface area contributed by atoms with Crippen molar-refractivity contribution in [3.8, 4) is 11.5 Å². The van der Waals surface area contributed by atoms with Crippen LogP contribution in [0.2, 0.25) is 5.02 Å². The van der Waals surface area contributed by atoms with Crippen LogP contribution in [0.5, 0.6) is 11.5 Å². The first-order chi connectivity index (χ1) is 11.1. The van der Waals surface area contributed by atoms with Gasteiger partial charge in [-0.25, -0.2) is 9.78 Å². The molecule has 1 aromatic carbocycles. The normalized spacial score (nSPS) is 9.96. The highest BCUT2D eigenvalue weighted by Crippen LogP contribution is 2.30. The summed E-state index contributed by atoms with van der Waals surface area (Å²) in [5.74, 6) is 0.188. The second-order valence-corrected chi connectivity index (χ2v) is 4.78. The number of halogens is 1. The molecule has 2 amide bonds. The third-order valence-electron chi connectivity index (χ3n) is 2.73. The van der Waals surface area contributed by atoms with Crippen molar-refractivity contribution >= 4 is 23.6 Å². The first-order valence-corrected chi connectivity index (χ1v) is 7.08. The molecule has 1 heterocycles. The highest BCUT2D eigenvalue weighted by atomic mass is 35.5. The van der Waals surface area contributed by atoms with Gasteiger partial charge in [-0.3, -0.25) is 4.79 Å². The van der Waals surface area contributed by atoms with Crippen molar-refractivity contribution in [2.24, 2.45) is 0 Å². The molecule has 23 heavy (non-hydrogen) atoms. The number of hydrogen-bond acceptors (Lipinski definition) is 4. The Balaban J connectivity index is 2.06. The van der Waals surface area contributed by atoms with Crippen LogP contribution in [0.1, 0.15) is 10.5 Å². The van der Waals surface area contributed by atoms with Gasteiger partial charge in [0, 0.05) is 19.3 Å². The van der Waals surface area contributed by atoms with Gasteiger partial charge in [0.25, 0.3) is 5.91 Å². The molecule has 1 aromatic heterocycles. The number of pyridine rings is 1. The van der Waals surface area contributed by atoms with Crippen LogP contribution in [-0.4, -0.2) is 35.2 Å². The summed E-state index contributed by atoms with van der Waals surface area (Å²) >= 11 is 6.03. The van der Waals surface area contributed by atoms with Crippen LogP contribution in [0.4, 0.5) is 4.79 Å². The Hall–Kier alpha value is -2.80. The zero-order valence-corrected chi connectivity index (χ0v) is 12.7. The summed E-state index contributed by atoms with van der Waals surface area (Å²) in [7, 11) is 0. The lowest BCUT2D eigenvalue weighted by atomic mass is 10.3. The number of hydrogen-bond donors (Lipinski definition) is 3. The number of benzene rings is 1. The van der Waals surface area contributed by atoms with E-state index in [0.717, 1.165) is 0 Å². The SMILES string of the molecule is O=C(O)NCCNC(=O)c1ncccc1Oc1ccccc1Cl. The van der Waals surface area contributed by atoms with Gasteiger partial charge in [-0.2, -0.15) is 0 Å². The molecule has 0 fully saturated rings. The Morgan fingerprint density at radius 1 is 1.09 bits per heavy atom. The molecule has 0 spiro atoms. The lowest BCUT2D eigenvalue weighted by Gasteiger charge is -2.11. The topological polar surface area (TPSA) is 101 Å². The van der Waals surface area contributed by atoms with Gasteiger partial charge in [0.05, 0.1) is 5.02 Å².